The van der Waals surface area contributed by atoms with Gasteiger partial charge in [0, 0.05) is 11.1 Å². The van der Waals surface area contributed by atoms with Crippen molar-refractivity contribution < 1.29 is 9.59 Å². The van der Waals surface area contributed by atoms with E-state index in [2.05, 4.69) is 10.6 Å². The second-order valence-electron chi connectivity index (χ2n) is 5.47. The summed E-state index contributed by atoms with van der Waals surface area (Å²) >= 11 is 11.9. The van der Waals surface area contributed by atoms with Crippen molar-refractivity contribution >= 4 is 35.0 Å². The average Bonchev–Trinajstić information content (AvgIpc) is 2.55. The standard InChI is InChI=1S/C16H17Cl2N3O2/c17-10-5-6-13(18)12(9-10)16(23)21-14-4-2-1-3-11(14)15(22)20-8-7-19/h5-6,9,11,14H,1-4,8H2,(H,20,22)(H,21,23). The number of carbonyl (C=O) groups excluding carboxylic acids is 2. The van der Waals surface area contributed by atoms with Crippen LogP contribution in [0.25, 0.3) is 0 Å². The Bertz CT molecular complexity index is 643. The molecule has 7 heteroatoms. The monoisotopic (exact) mass is 353 g/mol. The molecular weight excluding hydrogens is 337 g/mol. The topological polar surface area (TPSA) is 82.0 Å². The molecule has 23 heavy (non-hydrogen) atoms. The summed E-state index contributed by atoms with van der Waals surface area (Å²) in [4.78, 5) is 24.6. The van der Waals surface area contributed by atoms with E-state index in [0.717, 1.165) is 12.8 Å². The number of rotatable bonds is 4. The Labute approximate surface area is 144 Å². The lowest BCUT2D eigenvalue weighted by Crippen LogP contribution is -2.48. The van der Waals surface area contributed by atoms with E-state index >= 15 is 0 Å². The molecule has 0 aliphatic heterocycles. The molecule has 0 bridgehead atoms. The Balaban J connectivity index is 2.09. The van der Waals surface area contributed by atoms with Gasteiger partial charge < -0.3 is 10.6 Å². The van der Waals surface area contributed by atoms with Crippen LogP contribution in [-0.4, -0.2) is 24.4 Å². The van der Waals surface area contributed by atoms with Crippen LogP contribution >= 0.6 is 23.2 Å². The number of nitriles is 1. The minimum Gasteiger partial charge on any atom is -0.348 e. The third-order valence-electron chi connectivity index (χ3n) is 3.93. The number of hydrogen-bond donors (Lipinski definition) is 2. The second kappa shape index (κ2) is 8.19. The molecule has 0 saturated heterocycles. The molecule has 0 radical (unpaired) electrons. The zero-order chi connectivity index (χ0) is 16.8. The molecule has 2 rings (SSSR count). The van der Waals surface area contributed by atoms with Crippen molar-refractivity contribution in [3.63, 3.8) is 0 Å². The van der Waals surface area contributed by atoms with Gasteiger partial charge in [0.2, 0.25) is 5.91 Å². The van der Waals surface area contributed by atoms with Crippen molar-refractivity contribution in [1.82, 2.24) is 10.6 Å². The van der Waals surface area contributed by atoms with Crippen LogP contribution in [0.1, 0.15) is 36.0 Å². The fourth-order valence-electron chi connectivity index (χ4n) is 2.79. The highest BCUT2D eigenvalue weighted by atomic mass is 35.5. The molecule has 0 spiro atoms. The summed E-state index contributed by atoms with van der Waals surface area (Å²) in [6.07, 6.45) is 3.27. The highest BCUT2D eigenvalue weighted by molar-refractivity contribution is 6.35. The fourth-order valence-corrected chi connectivity index (χ4v) is 3.17. The SMILES string of the molecule is N#CCNC(=O)C1CCCCC1NC(=O)c1cc(Cl)ccc1Cl. The number of amides is 2. The van der Waals surface area contributed by atoms with Crippen molar-refractivity contribution in [2.75, 3.05) is 6.54 Å². The predicted molar refractivity (Wildman–Crippen MR) is 88.3 cm³/mol. The van der Waals surface area contributed by atoms with Crippen LogP contribution in [0.15, 0.2) is 18.2 Å². The van der Waals surface area contributed by atoms with Crippen LogP contribution in [0.3, 0.4) is 0 Å². The smallest absolute Gasteiger partial charge is 0.253 e. The maximum Gasteiger partial charge on any atom is 0.253 e. The van der Waals surface area contributed by atoms with Crippen LogP contribution < -0.4 is 10.6 Å². The highest BCUT2D eigenvalue weighted by Gasteiger charge is 2.32. The van der Waals surface area contributed by atoms with Crippen LogP contribution in [0.5, 0.6) is 0 Å². The largest absolute Gasteiger partial charge is 0.348 e. The first-order chi connectivity index (χ1) is 11.0. The van der Waals surface area contributed by atoms with Crippen molar-refractivity contribution in [1.29, 1.82) is 5.26 Å². The summed E-state index contributed by atoms with van der Waals surface area (Å²) in [5.74, 6) is -0.879. The summed E-state index contributed by atoms with van der Waals surface area (Å²) in [6, 6.07) is 6.29. The van der Waals surface area contributed by atoms with Gasteiger partial charge in [-0.1, -0.05) is 36.0 Å². The van der Waals surface area contributed by atoms with Crippen molar-refractivity contribution in [3.8, 4) is 6.07 Å². The van der Waals surface area contributed by atoms with Crippen LogP contribution in [0.2, 0.25) is 10.0 Å². The minimum atomic E-state index is -0.345. The van der Waals surface area contributed by atoms with Crippen molar-refractivity contribution in [2.24, 2.45) is 5.92 Å². The Morgan fingerprint density at radius 2 is 2.00 bits per heavy atom. The van der Waals surface area contributed by atoms with E-state index in [1.807, 2.05) is 6.07 Å². The van der Waals surface area contributed by atoms with Crippen LogP contribution in [-0.2, 0) is 4.79 Å². The molecule has 1 aliphatic carbocycles. The van der Waals surface area contributed by atoms with E-state index < -0.39 is 0 Å². The molecule has 1 aromatic carbocycles. The van der Waals surface area contributed by atoms with E-state index in [1.54, 1.807) is 12.1 Å². The first-order valence-corrected chi connectivity index (χ1v) is 8.19. The lowest BCUT2D eigenvalue weighted by Gasteiger charge is -2.31. The van der Waals surface area contributed by atoms with Gasteiger partial charge in [0.05, 0.1) is 22.6 Å². The molecule has 122 valence electrons. The van der Waals surface area contributed by atoms with E-state index in [0.29, 0.717) is 28.5 Å². The molecule has 2 unspecified atom stereocenters. The average molecular weight is 354 g/mol. The summed E-state index contributed by atoms with van der Waals surface area (Å²) in [6.45, 7) is -0.0316. The molecule has 1 saturated carbocycles. The third kappa shape index (κ3) is 4.60. The zero-order valence-electron chi connectivity index (χ0n) is 12.4. The molecule has 1 aromatic rings. The summed E-state index contributed by atoms with van der Waals surface area (Å²) < 4.78 is 0. The number of nitrogens with one attached hydrogen (secondary N) is 2. The first kappa shape index (κ1) is 17.6. The molecule has 0 heterocycles. The second-order valence-corrected chi connectivity index (χ2v) is 6.31. The van der Waals surface area contributed by atoms with Crippen molar-refractivity contribution in [2.45, 2.75) is 31.7 Å². The Kier molecular flexibility index (Phi) is 6.26. The molecule has 2 N–H and O–H groups in total. The Morgan fingerprint density at radius 1 is 1.26 bits per heavy atom. The van der Waals surface area contributed by atoms with E-state index in [1.165, 1.54) is 6.07 Å². The summed E-state index contributed by atoms with van der Waals surface area (Å²) in [5, 5.41) is 14.8. The maximum atomic E-state index is 12.4. The molecule has 1 fully saturated rings. The number of benzene rings is 1. The molecule has 1 aliphatic rings. The lowest BCUT2D eigenvalue weighted by molar-refractivity contribution is -0.126. The lowest BCUT2D eigenvalue weighted by atomic mass is 9.83. The van der Waals surface area contributed by atoms with E-state index in [9.17, 15) is 9.59 Å². The maximum absolute atomic E-state index is 12.4. The quantitative estimate of drug-likeness (QED) is 0.816. The number of hydrogen-bond acceptors (Lipinski definition) is 3. The predicted octanol–water partition coefficient (Wildman–Crippen LogP) is 2.92. The number of halogens is 2. The zero-order valence-corrected chi connectivity index (χ0v) is 14.0. The van der Waals surface area contributed by atoms with Gasteiger partial charge in [-0.15, -0.1) is 0 Å². The molecule has 2 amide bonds. The molecular formula is C16H17Cl2N3O2. The third-order valence-corrected chi connectivity index (χ3v) is 4.50. The highest BCUT2D eigenvalue weighted by Crippen LogP contribution is 2.26. The van der Waals surface area contributed by atoms with E-state index in [4.69, 9.17) is 28.5 Å². The van der Waals surface area contributed by atoms with Gasteiger partial charge in [-0.2, -0.15) is 5.26 Å². The fraction of sp³-hybridized carbons (Fsp3) is 0.438. The molecule has 2 atom stereocenters. The van der Waals surface area contributed by atoms with Gasteiger partial charge in [-0.05, 0) is 31.0 Å². The normalized spacial score (nSPS) is 20.4. The number of nitrogens with zero attached hydrogens (tertiary/aromatic N) is 1. The van der Waals surface area contributed by atoms with Gasteiger partial charge in [-0.3, -0.25) is 9.59 Å². The summed E-state index contributed by atoms with van der Waals surface area (Å²) in [5.41, 5.74) is 0.293. The Morgan fingerprint density at radius 3 is 2.74 bits per heavy atom. The minimum absolute atomic E-state index is 0.0316. The van der Waals surface area contributed by atoms with Crippen LogP contribution in [0, 0.1) is 17.2 Å². The van der Waals surface area contributed by atoms with Gasteiger partial charge in [0.1, 0.15) is 6.54 Å². The van der Waals surface area contributed by atoms with Crippen molar-refractivity contribution in [3.05, 3.63) is 33.8 Å². The van der Waals surface area contributed by atoms with Gasteiger partial charge >= 0.3 is 0 Å². The number of carbonyl (C=O) groups is 2. The van der Waals surface area contributed by atoms with Gasteiger partial charge in [-0.25, -0.2) is 0 Å². The van der Waals surface area contributed by atoms with Gasteiger partial charge in [0.15, 0.2) is 0 Å². The summed E-state index contributed by atoms with van der Waals surface area (Å²) in [7, 11) is 0. The van der Waals surface area contributed by atoms with Gasteiger partial charge in [0.25, 0.3) is 5.91 Å². The Hall–Kier alpha value is -1.77. The first-order valence-electron chi connectivity index (χ1n) is 7.43. The molecule has 5 nitrogen and oxygen atoms in total. The van der Waals surface area contributed by atoms with Crippen LogP contribution in [0.4, 0.5) is 0 Å². The van der Waals surface area contributed by atoms with E-state index in [-0.39, 0.29) is 30.3 Å². The molecule has 0 aromatic heterocycles.